The predicted molar refractivity (Wildman–Crippen MR) is 80.5 cm³/mol. The molecular weight excluding hydrogens is 254 g/mol. The van der Waals surface area contributed by atoms with Crippen LogP contribution in [0.2, 0.25) is 0 Å². The third-order valence-electron chi connectivity index (χ3n) is 3.46. The predicted octanol–water partition coefficient (Wildman–Crippen LogP) is 3.84. The monoisotopic (exact) mass is 271 g/mol. The smallest absolute Gasteiger partial charge is 0.0550 e. The van der Waals surface area contributed by atoms with Crippen molar-refractivity contribution in [3.8, 4) is 0 Å². The summed E-state index contributed by atoms with van der Waals surface area (Å²) in [4.78, 5) is 4.85. The molecule has 2 nitrogen and oxygen atoms in total. The highest BCUT2D eigenvalue weighted by Crippen LogP contribution is 2.47. The lowest BCUT2D eigenvalue weighted by atomic mass is 10.1. The van der Waals surface area contributed by atoms with Crippen molar-refractivity contribution in [2.24, 2.45) is 0 Å². The maximum atomic E-state index is 8.92. The van der Waals surface area contributed by atoms with Crippen LogP contribution in [0.1, 0.15) is 12.0 Å². The fourth-order valence-electron chi connectivity index (χ4n) is 2.42. The minimum absolute atomic E-state index is 0.257. The number of fused-ring (bicyclic) bond motifs is 2. The first-order valence-corrected chi connectivity index (χ1v) is 7.35. The normalized spacial score (nSPS) is 13.1. The summed E-state index contributed by atoms with van der Waals surface area (Å²) in [6, 6.07) is 15.1. The topological polar surface area (TPSA) is 23.5 Å². The summed E-state index contributed by atoms with van der Waals surface area (Å²) in [5.74, 6) is 0. The van der Waals surface area contributed by atoms with E-state index < -0.39 is 0 Å². The average Bonchev–Trinajstić information content (AvgIpc) is 2.45. The number of aliphatic hydroxyl groups is 1. The number of hydrogen-bond donors (Lipinski definition) is 1. The Hall–Kier alpha value is -1.45. The maximum absolute atomic E-state index is 8.92. The average molecular weight is 271 g/mol. The highest BCUT2D eigenvalue weighted by molar-refractivity contribution is 7.99. The molecule has 3 rings (SSSR count). The molecule has 2 aromatic carbocycles. The van der Waals surface area contributed by atoms with Gasteiger partial charge < -0.3 is 10.0 Å². The zero-order chi connectivity index (χ0) is 13.2. The minimum Gasteiger partial charge on any atom is -0.396 e. The molecule has 19 heavy (non-hydrogen) atoms. The highest BCUT2D eigenvalue weighted by atomic mass is 32.2. The van der Waals surface area contributed by atoms with Crippen molar-refractivity contribution < 1.29 is 5.11 Å². The molecule has 0 spiro atoms. The number of rotatable bonds is 3. The largest absolute Gasteiger partial charge is 0.396 e. The van der Waals surface area contributed by atoms with Gasteiger partial charge in [-0.2, -0.15) is 0 Å². The van der Waals surface area contributed by atoms with Gasteiger partial charge in [-0.25, -0.2) is 0 Å². The van der Waals surface area contributed by atoms with E-state index in [1.54, 1.807) is 0 Å². The molecule has 0 saturated carbocycles. The van der Waals surface area contributed by atoms with Gasteiger partial charge in [0.1, 0.15) is 0 Å². The molecule has 0 aromatic heterocycles. The number of nitrogens with zero attached hydrogens (tertiary/aromatic N) is 1. The molecule has 3 heteroatoms. The molecule has 1 aliphatic rings. The van der Waals surface area contributed by atoms with Crippen molar-refractivity contribution in [2.45, 2.75) is 22.6 Å². The number of anilines is 2. The van der Waals surface area contributed by atoms with Crippen molar-refractivity contribution in [1.29, 1.82) is 0 Å². The molecule has 0 saturated heterocycles. The summed E-state index contributed by atoms with van der Waals surface area (Å²) in [6.45, 7) is 0.257. The van der Waals surface area contributed by atoms with E-state index in [9.17, 15) is 0 Å². The van der Waals surface area contributed by atoms with E-state index in [1.165, 1.54) is 26.7 Å². The lowest BCUT2D eigenvalue weighted by molar-refractivity contribution is 0.288. The lowest BCUT2D eigenvalue weighted by Gasteiger charge is -2.29. The zero-order valence-electron chi connectivity index (χ0n) is 11.0. The van der Waals surface area contributed by atoms with Gasteiger partial charge in [0.05, 0.1) is 11.4 Å². The number of benzene rings is 2. The summed E-state index contributed by atoms with van der Waals surface area (Å²) in [7, 11) is 2.12. The molecule has 0 bridgehead atoms. The zero-order valence-corrected chi connectivity index (χ0v) is 11.8. The molecule has 98 valence electrons. The third-order valence-corrected chi connectivity index (χ3v) is 4.57. The van der Waals surface area contributed by atoms with Gasteiger partial charge in [0.15, 0.2) is 0 Å². The van der Waals surface area contributed by atoms with Gasteiger partial charge in [0, 0.05) is 23.4 Å². The Labute approximate surface area is 118 Å². The Kier molecular flexibility index (Phi) is 3.49. The van der Waals surface area contributed by atoms with Gasteiger partial charge in [-0.1, -0.05) is 30.0 Å². The summed E-state index contributed by atoms with van der Waals surface area (Å²) in [5, 5.41) is 8.92. The third kappa shape index (κ3) is 2.36. The van der Waals surface area contributed by atoms with Crippen molar-refractivity contribution >= 4 is 23.1 Å². The van der Waals surface area contributed by atoms with Gasteiger partial charge in [-0.15, -0.1) is 0 Å². The Morgan fingerprint density at radius 1 is 1.05 bits per heavy atom. The number of aliphatic hydroxyl groups excluding tert-OH is 1. The van der Waals surface area contributed by atoms with Crippen molar-refractivity contribution in [2.75, 3.05) is 18.6 Å². The van der Waals surface area contributed by atoms with Gasteiger partial charge in [0.2, 0.25) is 0 Å². The van der Waals surface area contributed by atoms with E-state index in [2.05, 4.69) is 54.4 Å². The minimum atomic E-state index is 0.257. The van der Waals surface area contributed by atoms with Gasteiger partial charge in [-0.3, -0.25) is 0 Å². The number of para-hydroxylation sites is 1. The molecule has 0 fully saturated rings. The van der Waals surface area contributed by atoms with Crippen LogP contribution < -0.4 is 4.90 Å². The summed E-state index contributed by atoms with van der Waals surface area (Å²) in [6.07, 6.45) is 1.77. The maximum Gasteiger partial charge on any atom is 0.0550 e. The van der Waals surface area contributed by atoms with Crippen LogP contribution in [0.15, 0.2) is 52.3 Å². The second kappa shape index (κ2) is 5.27. The summed E-state index contributed by atoms with van der Waals surface area (Å²) in [5.41, 5.74) is 3.83. The number of aryl methyl sites for hydroxylation is 1. The molecule has 1 aliphatic heterocycles. The Morgan fingerprint density at radius 2 is 1.84 bits per heavy atom. The molecule has 1 N–H and O–H groups in total. The van der Waals surface area contributed by atoms with Crippen LogP contribution >= 0.6 is 11.8 Å². The van der Waals surface area contributed by atoms with E-state index in [-0.39, 0.29) is 6.61 Å². The van der Waals surface area contributed by atoms with E-state index in [1.807, 2.05) is 11.8 Å². The summed E-state index contributed by atoms with van der Waals surface area (Å²) < 4.78 is 0. The molecule has 0 amide bonds. The van der Waals surface area contributed by atoms with E-state index in [0.717, 1.165) is 12.8 Å². The quantitative estimate of drug-likeness (QED) is 0.917. The summed E-state index contributed by atoms with van der Waals surface area (Å²) >= 11 is 1.83. The molecule has 2 aromatic rings. The standard InChI is InChI=1S/C16H17NOS/c1-17-13-6-2-3-7-15(13)19-16-11-12(5-4-10-18)8-9-14(16)17/h2-3,6-9,11,18H,4-5,10H2,1H3. The van der Waals surface area contributed by atoms with Crippen LogP contribution in [0.5, 0.6) is 0 Å². The lowest BCUT2D eigenvalue weighted by Crippen LogP contribution is -2.14. The molecule has 0 unspecified atom stereocenters. The first kappa shape index (κ1) is 12.6. The second-order valence-electron chi connectivity index (χ2n) is 4.76. The second-order valence-corrected chi connectivity index (χ2v) is 5.84. The molecule has 0 atom stereocenters. The SMILES string of the molecule is CN1c2ccccc2Sc2cc(CCCO)ccc21. The van der Waals surface area contributed by atoms with Gasteiger partial charge in [-0.05, 0) is 42.7 Å². The molecule has 1 heterocycles. The van der Waals surface area contributed by atoms with Crippen LogP contribution in [-0.4, -0.2) is 18.8 Å². The van der Waals surface area contributed by atoms with Crippen LogP contribution in [0, 0.1) is 0 Å². The van der Waals surface area contributed by atoms with Gasteiger partial charge in [0.25, 0.3) is 0 Å². The van der Waals surface area contributed by atoms with Crippen LogP contribution in [-0.2, 0) is 6.42 Å². The van der Waals surface area contributed by atoms with E-state index in [4.69, 9.17) is 5.11 Å². The molecular formula is C16H17NOS. The van der Waals surface area contributed by atoms with Crippen LogP contribution in [0.4, 0.5) is 11.4 Å². The van der Waals surface area contributed by atoms with Gasteiger partial charge >= 0.3 is 0 Å². The Balaban J connectivity index is 1.96. The molecule has 0 aliphatic carbocycles. The Morgan fingerprint density at radius 3 is 2.68 bits per heavy atom. The van der Waals surface area contributed by atoms with Crippen LogP contribution in [0.3, 0.4) is 0 Å². The highest BCUT2D eigenvalue weighted by Gasteiger charge is 2.20. The van der Waals surface area contributed by atoms with Crippen molar-refractivity contribution in [3.05, 3.63) is 48.0 Å². The van der Waals surface area contributed by atoms with E-state index >= 15 is 0 Å². The first-order valence-electron chi connectivity index (χ1n) is 6.54. The van der Waals surface area contributed by atoms with Crippen molar-refractivity contribution in [3.63, 3.8) is 0 Å². The van der Waals surface area contributed by atoms with Crippen LogP contribution in [0.25, 0.3) is 0 Å². The van der Waals surface area contributed by atoms with Crippen molar-refractivity contribution in [1.82, 2.24) is 0 Å². The fraction of sp³-hybridized carbons (Fsp3) is 0.250. The molecule has 0 radical (unpaired) electrons. The Bertz CT molecular complexity index is 597. The first-order chi connectivity index (χ1) is 9.29. The van der Waals surface area contributed by atoms with E-state index in [0.29, 0.717) is 0 Å². The number of hydrogen-bond acceptors (Lipinski definition) is 3. The fourth-order valence-corrected chi connectivity index (χ4v) is 3.64.